The predicted octanol–water partition coefficient (Wildman–Crippen LogP) is 4.10. The lowest BCUT2D eigenvalue weighted by molar-refractivity contribution is -0.216. The van der Waals surface area contributed by atoms with E-state index >= 15 is 0 Å². The fourth-order valence-electron chi connectivity index (χ4n) is 4.01. The Morgan fingerprint density at radius 2 is 1.96 bits per heavy atom. The van der Waals surface area contributed by atoms with Gasteiger partial charge in [-0.25, -0.2) is 9.07 Å². The third kappa shape index (κ3) is 2.80. The number of methoxy groups -OCH3 is 2. The number of aryl methyl sites for hydroxylation is 1. The molecule has 0 radical (unpaired) electrons. The van der Waals surface area contributed by atoms with Crippen LogP contribution in [-0.4, -0.2) is 29.8 Å². The molecule has 4 rings (SSSR count). The number of hydrogen-bond acceptors (Lipinski definition) is 4. The molecule has 0 saturated carbocycles. The molecule has 5 nitrogen and oxygen atoms in total. The summed E-state index contributed by atoms with van der Waals surface area (Å²) in [5.74, 6) is -1.75. The molecular formula is C21H20FN3O2. The average Bonchev–Trinajstić information content (AvgIpc) is 3.03. The normalized spacial score (nSPS) is 18.7. The highest BCUT2D eigenvalue weighted by Gasteiger charge is 2.43. The van der Waals surface area contributed by atoms with Gasteiger partial charge in [0, 0.05) is 26.0 Å². The van der Waals surface area contributed by atoms with Gasteiger partial charge in [-0.15, -0.1) is 0 Å². The van der Waals surface area contributed by atoms with Gasteiger partial charge in [-0.1, -0.05) is 0 Å². The summed E-state index contributed by atoms with van der Waals surface area (Å²) in [7, 11) is 3.17. The molecule has 6 heteroatoms. The Hall–Kier alpha value is -2.75. The van der Waals surface area contributed by atoms with Crippen molar-refractivity contribution in [1.29, 1.82) is 5.26 Å². The first-order valence-electron chi connectivity index (χ1n) is 8.88. The maximum absolute atomic E-state index is 13.3. The van der Waals surface area contributed by atoms with Crippen LogP contribution in [0.2, 0.25) is 0 Å². The van der Waals surface area contributed by atoms with E-state index in [1.807, 2.05) is 6.07 Å². The second kappa shape index (κ2) is 6.76. The molecule has 0 fully saturated rings. The van der Waals surface area contributed by atoms with E-state index in [-0.39, 0.29) is 5.82 Å². The monoisotopic (exact) mass is 365 g/mol. The minimum absolute atomic E-state index is 0.281. The fourth-order valence-corrected chi connectivity index (χ4v) is 4.01. The highest BCUT2D eigenvalue weighted by atomic mass is 19.1. The number of aromatic nitrogens is 2. The van der Waals surface area contributed by atoms with Crippen LogP contribution in [0.25, 0.3) is 16.6 Å². The van der Waals surface area contributed by atoms with Crippen LogP contribution in [0, 0.1) is 17.1 Å². The van der Waals surface area contributed by atoms with Gasteiger partial charge in [-0.05, 0) is 60.4 Å². The Labute approximate surface area is 156 Å². The average molecular weight is 365 g/mol. The second-order valence-electron chi connectivity index (χ2n) is 6.78. The molecule has 2 aromatic carbocycles. The Morgan fingerprint density at radius 1 is 1.22 bits per heavy atom. The standard InChI is InChI=1S/C21H20FN3O2/c1-26-21(27-2)9-3-4-14-11-20-15(10-18(14)19(21)12-23)13-24-25(20)17-7-5-16(22)6-8-17/h5-8,10-11,13,19H,3-4,9H2,1-2H3. The number of halogens is 1. The third-order valence-corrected chi connectivity index (χ3v) is 5.44. The maximum atomic E-state index is 13.3. The molecule has 1 heterocycles. The van der Waals surface area contributed by atoms with Crippen molar-refractivity contribution >= 4 is 10.9 Å². The van der Waals surface area contributed by atoms with Gasteiger partial charge in [-0.3, -0.25) is 0 Å². The van der Waals surface area contributed by atoms with Crippen LogP contribution in [0.5, 0.6) is 0 Å². The lowest BCUT2D eigenvalue weighted by Gasteiger charge is -2.34. The molecule has 1 aromatic heterocycles. The van der Waals surface area contributed by atoms with Gasteiger partial charge >= 0.3 is 0 Å². The molecule has 0 amide bonds. The molecule has 0 bridgehead atoms. The molecular weight excluding hydrogens is 345 g/mol. The van der Waals surface area contributed by atoms with E-state index in [1.54, 1.807) is 37.2 Å². The van der Waals surface area contributed by atoms with Crippen LogP contribution in [0.1, 0.15) is 29.9 Å². The number of hydrogen-bond donors (Lipinski definition) is 0. The van der Waals surface area contributed by atoms with E-state index in [2.05, 4.69) is 17.2 Å². The van der Waals surface area contributed by atoms with Crippen LogP contribution < -0.4 is 0 Å². The van der Waals surface area contributed by atoms with E-state index in [0.717, 1.165) is 40.6 Å². The second-order valence-corrected chi connectivity index (χ2v) is 6.78. The summed E-state index contributed by atoms with van der Waals surface area (Å²) in [5, 5.41) is 15.3. The van der Waals surface area contributed by atoms with E-state index < -0.39 is 11.7 Å². The molecule has 27 heavy (non-hydrogen) atoms. The molecule has 1 aliphatic carbocycles. The van der Waals surface area contributed by atoms with Gasteiger partial charge in [0.25, 0.3) is 0 Å². The zero-order chi connectivity index (χ0) is 19.0. The quantitative estimate of drug-likeness (QED) is 0.518. The Bertz CT molecular complexity index is 1020. The molecule has 0 aliphatic heterocycles. The van der Waals surface area contributed by atoms with Crippen LogP contribution in [-0.2, 0) is 15.9 Å². The zero-order valence-electron chi connectivity index (χ0n) is 15.3. The molecule has 0 N–H and O–H groups in total. The Kier molecular flexibility index (Phi) is 4.42. The minimum atomic E-state index is -0.944. The molecule has 0 saturated heterocycles. The lowest BCUT2D eigenvalue weighted by atomic mass is 9.88. The van der Waals surface area contributed by atoms with E-state index in [4.69, 9.17) is 9.47 Å². The van der Waals surface area contributed by atoms with Gasteiger partial charge in [0.2, 0.25) is 0 Å². The summed E-state index contributed by atoms with van der Waals surface area (Å²) < 4.78 is 26.4. The molecule has 138 valence electrons. The Morgan fingerprint density at radius 3 is 2.63 bits per heavy atom. The van der Waals surface area contributed by atoms with Gasteiger partial charge in [-0.2, -0.15) is 10.4 Å². The number of benzene rings is 2. The van der Waals surface area contributed by atoms with Crippen LogP contribution in [0.3, 0.4) is 0 Å². The third-order valence-electron chi connectivity index (χ3n) is 5.44. The van der Waals surface area contributed by atoms with Gasteiger partial charge in [0.15, 0.2) is 5.79 Å². The summed E-state index contributed by atoms with van der Waals surface area (Å²) in [6.45, 7) is 0. The maximum Gasteiger partial charge on any atom is 0.187 e. The number of rotatable bonds is 3. The largest absolute Gasteiger partial charge is 0.352 e. The summed E-state index contributed by atoms with van der Waals surface area (Å²) in [6, 6.07) is 12.7. The SMILES string of the molecule is COC1(OC)CCCc2cc3c(cnn3-c3ccc(F)cc3)cc2C1C#N. The smallest absolute Gasteiger partial charge is 0.187 e. The number of fused-ring (bicyclic) bond motifs is 2. The molecule has 0 spiro atoms. The van der Waals surface area contributed by atoms with Crippen LogP contribution in [0.4, 0.5) is 4.39 Å². The van der Waals surface area contributed by atoms with Crippen molar-refractivity contribution in [2.75, 3.05) is 14.2 Å². The van der Waals surface area contributed by atoms with Crippen LogP contribution >= 0.6 is 0 Å². The van der Waals surface area contributed by atoms with Gasteiger partial charge in [0.1, 0.15) is 11.7 Å². The molecule has 1 unspecified atom stereocenters. The molecule has 1 atom stereocenters. The fraction of sp³-hybridized carbons (Fsp3) is 0.333. The lowest BCUT2D eigenvalue weighted by Crippen LogP contribution is -2.39. The van der Waals surface area contributed by atoms with Gasteiger partial charge in [0.05, 0.1) is 23.5 Å². The number of ether oxygens (including phenoxy) is 2. The highest BCUT2D eigenvalue weighted by Crippen LogP contribution is 2.42. The molecule has 3 aromatic rings. The first-order chi connectivity index (χ1) is 13.1. The van der Waals surface area contributed by atoms with Crippen molar-refractivity contribution in [3.63, 3.8) is 0 Å². The Balaban J connectivity index is 1.88. The van der Waals surface area contributed by atoms with Crippen molar-refractivity contribution in [3.05, 3.63) is 59.5 Å². The van der Waals surface area contributed by atoms with E-state index in [1.165, 1.54) is 12.1 Å². The first-order valence-corrected chi connectivity index (χ1v) is 8.88. The number of nitrogens with zero attached hydrogens (tertiary/aromatic N) is 3. The number of nitriles is 1. The predicted molar refractivity (Wildman–Crippen MR) is 99.1 cm³/mol. The zero-order valence-corrected chi connectivity index (χ0v) is 15.3. The van der Waals surface area contributed by atoms with E-state index in [9.17, 15) is 9.65 Å². The summed E-state index contributed by atoms with van der Waals surface area (Å²) in [4.78, 5) is 0. The minimum Gasteiger partial charge on any atom is -0.352 e. The van der Waals surface area contributed by atoms with Crippen molar-refractivity contribution in [3.8, 4) is 11.8 Å². The topological polar surface area (TPSA) is 60.1 Å². The van der Waals surface area contributed by atoms with Crippen molar-refractivity contribution < 1.29 is 13.9 Å². The molecule has 1 aliphatic rings. The highest BCUT2D eigenvalue weighted by molar-refractivity contribution is 5.82. The van der Waals surface area contributed by atoms with Gasteiger partial charge < -0.3 is 9.47 Å². The van der Waals surface area contributed by atoms with Crippen molar-refractivity contribution in [1.82, 2.24) is 9.78 Å². The van der Waals surface area contributed by atoms with Crippen molar-refractivity contribution in [2.24, 2.45) is 0 Å². The van der Waals surface area contributed by atoms with Crippen LogP contribution in [0.15, 0.2) is 42.6 Å². The summed E-state index contributed by atoms with van der Waals surface area (Å²) in [6.07, 6.45) is 4.09. The van der Waals surface area contributed by atoms with E-state index in [0.29, 0.717) is 6.42 Å². The van der Waals surface area contributed by atoms with Crippen molar-refractivity contribution in [2.45, 2.75) is 31.0 Å². The summed E-state index contributed by atoms with van der Waals surface area (Å²) >= 11 is 0. The summed E-state index contributed by atoms with van der Waals surface area (Å²) in [5.41, 5.74) is 3.73. The first kappa shape index (κ1) is 17.7.